The quantitative estimate of drug-likeness (QED) is 0.377. The van der Waals surface area contributed by atoms with Crippen LogP contribution in [0.15, 0.2) is 84.3 Å². The van der Waals surface area contributed by atoms with E-state index in [2.05, 4.69) is 48.5 Å². The molecule has 4 aromatic rings. The third kappa shape index (κ3) is 4.70. The van der Waals surface area contributed by atoms with Gasteiger partial charge in [0, 0.05) is 23.7 Å². The Morgan fingerprint density at radius 1 is 1.05 bits per heavy atom. The van der Waals surface area contributed by atoms with Crippen LogP contribution in [0.4, 0.5) is 11.6 Å². The number of fused-ring (bicyclic) bond motifs is 1. The van der Waals surface area contributed by atoms with Crippen LogP contribution in [-0.4, -0.2) is 32.8 Å². The Kier molecular flexibility index (Phi) is 6.25. The van der Waals surface area contributed by atoms with Gasteiger partial charge in [0.2, 0.25) is 5.95 Å². The van der Waals surface area contributed by atoms with Crippen molar-refractivity contribution in [2.45, 2.75) is 39.2 Å². The van der Waals surface area contributed by atoms with E-state index in [1.54, 1.807) is 30.3 Å². The number of methoxy groups -OCH3 is 1. The zero-order valence-corrected chi connectivity index (χ0v) is 21.6. The van der Waals surface area contributed by atoms with E-state index < -0.39 is 6.04 Å². The lowest BCUT2D eigenvalue weighted by molar-refractivity contribution is -0.113. The Balaban J connectivity index is 1.55. The first-order valence-electron chi connectivity index (χ1n) is 12.2. The van der Waals surface area contributed by atoms with Crippen molar-refractivity contribution in [3.05, 3.63) is 95.5 Å². The number of aromatic nitrogens is 4. The van der Waals surface area contributed by atoms with E-state index in [0.717, 1.165) is 11.1 Å². The molecular weight excluding hydrogens is 464 g/mol. The van der Waals surface area contributed by atoms with Crippen LogP contribution < -0.4 is 15.4 Å². The zero-order valence-electron chi connectivity index (χ0n) is 21.6. The molecule has 3 heterocycles. The Morgan fingerprint density at radius 2 is 1.81 bits per heavy atom. The second kappa shape index (κ2) is 9.54. The largest absolute Gasteiger partial charge is 0.495 e. The molecule has 0 spiro atoms. The second-order valence-corrected chi connectivity index (χ2v) is 10.0. The molecule has 0 bridgehead atoms. The molecule has 188 valence electrons. The third-order valence-electron chi connectivity index (χ3n) is 6.46. The van der Waals surface area contributed by atoms with Gasteiger partial charge in [-0.05, 0) is 41.7 Å². The van der Waals surface area contributed by atoms with Crippen molar-refractivity contribution >= 4 is 17.5 Å². The summed E-state index contributed by atoms with van der Waals surface area (Å²) < 4.78 is 7.18. The number of hydrogen-bond donors (Lipinski definition) is 2. The normalized spacial score (nSPS) is 15.1. The summed E-state index contributed by atoms with van der Waals surface area (Å²) in [7, 11) is 1.58. The van der Waals surface area contributed by atoms with Crippen LogP contribution in [0.1, 0.15) is 44.9 Å². The number of para-hydroxylation sites is 2. The van der Waals surface area contributed by atoms with Gasteiger partial charge in [0.05, 0.1) is 18.4 Å². The number of carbonyl (C=O) groups excluding carboxylic acids is 1. The average molecular weight is 495 g/mol. The molecule has 8 heteroatoms. The lowest BCUT2D eigenvalue weighted by Crippen LogP contribution is -2.31. The van der Waals surface area contributed by atoms with Crippen molar-refractivity contribution in [2.24, 2.45) is 0 Å². The van der Waals surface area contributed by atoms with Crippen LogP contribution in [0.2, 0.25) is 0 Å². The van der Waals surface area contributed by atoms with E-state index in [4.69, 9.17) is 14.8 Å². The van der Waals surface area contributed by atoms with Gasteiger partial charge in [-0.15, -0.1) is 5.10 Å². The summed E-state index contributed by atoms with van der Waals surface area (Å²) in [6.07, 6.45) is 3.46. The summed E-state index contributed by atoms with van der Waals surface area (Å²) in [4.78, 5) is 22.8. The van der Waals surface area contributed by atoms with Crippen LogP contribution >= 0.6 is 0 Å². The fraction of sp³-hybridized carbons (Fsp3) is 0.241. The molecule has 1 amide bonds. The highest BCUT2D eigenvalue weighted by molar-refractivity contribution is 6.06. The molecule has 0 fully saturated rings. The van der Waals surface area contributed by atoms with Gasteiger partial charge >= 0.3 is 0 Å². The maximum Gasteiger partial charge on any atom is 0.255 e. The van der Waals surface area contributed by atoms with Gasteiger partial charge in [-0.1, -0.05) is 63.2 Å². The molecule has 2 aromatic carbocycles. The average Bonchev–Trinajstić information content (AvgIpc) is 3.31. The first-order valence-corrected chi connectivity index (χ1v) is 12.2. The Morgan fingerprint density at radius 3 is 2.49 bits per heavy atom. The van der Waals surface area contributed by atoms with E-state index in [0.29, 0.717) is 34.5 Å². The highest BCUT2D eigenvalue weighted by atomic mass is 16.5. The highest BCUT2D eigenvalue weighted by Gasteiger charge is 2.35. The fourth-order valence-electron chi connectivity index (χ4n) is 4.47. The van der Waals surface area contributed by atoms with Crippen molar-refractivity contribution in [2.75, 3.05) is 17.7 Å². The lowest BCUT2D eigenvalue weighted by atomic mass is 9.87. The highest BCUT2D eigenvalue weighted by Crippen LogP contribution is 2.37. The number of hydrogen-bond acceptors (Lipinski definition) is 6. The maximum atomic E-state index is 13.7. The number of ether oxygens (including phenoxy) is 1. The number of rotatable bonds is 5. The number of allylic oxidation sites excluding steroid dienone is 1. The van der Waals surface area contributed by atoms with Gasteiger partial charge in [-0.25, -0.2) is 4.68 Å². The molecule has 1 unspecified atom stereocenters. The van der Waals surface area contributed by atoms with Crippen LogP contribution in [-0.2, 0) is 10.2 Å². The molecule has 8 nitrogen and oxygen atoms in total. The Bertz CT molecular complexity index is 1470. The summed E-state index contributed by atoms with van der Waals surface area (Å²) >= 11 is 0. The van der Waals surface area contributed by atoms with E-state index in [-0.39, 0.29) is 11.3 Å². The maximum absolute atomic E-state index is 13.7. The van der Waals surface area contributed by atoms with Crippen LogP contribution in [0.3, 0.4) is 0 Å². The van der Waals surface area contributed by atoms with Gasteiger partial charge in [0.15, 0.2) is 5.82 Å². The molecule has 0 aliphatic carbocycles. The number of carbonyl (C=O) groups is 1. The monoisotopic (exact) mass is 494 g/mol. The predicted octanol–water partition coefficient (Wildman–Crippen LogP) is 5.57. The molecule has 2 N–H and O–H groups in total. The van der Waals surface area contributed by atoms with Gasteiger partial charge in [0.1, 0.15) is 11.8 Å². The number of nitrogens with zero attached hydrogens (tertiary/aromatic N) is 4. The summed E-state index contributed by atoms with van der Waals surface area (Å²) in [5.41, 5.74) is 4.82. The van der Waals surface area contributed by atoms with Crippen LogP contribution in [0, 0.1) is 0 Å². The topological polar surface area (TPSA) is 94.0 Å². The summed E-state index contributed by atoms with van der Waals surface area (Å²) in [5, 5.41) is 11.1. The summed E-state index contributed by atoms with van der Waals surface area (Å²) in [6.45, 7) is 8.43. The Labute approximate surface area is 216 Å². The van der Waals surface area contributed by atoms with Crippen molar-refractivity contribution in [1.29, 1.82) is 0 Å². The van der Waals surface area contributed by atoms with E-state index >= 15 is 0 Å². The molecule has 37 heavy (non-hydrogen) atoms. The zero-order chi connectivity index (χ0) is 26.2. The van der Waals surface area contributed by atoms with Gasteiger partial charge in [-0.3, -0.25) is 9.78 Å². The molecule has 1 aliphatic rings. The van der Waals surface area contributed by atoms with Gasteiger partial charge in [0.25, 0.3) is 5.91 Å². The molecule has 1 atom stereocenters. The van der Waals surface area contributed by atoms with E-state index in [1.807, 2.05) is 49.4 Å². The number of benzene rings is 2. The minimum atomic E-state index is -0.519. The van der Waals surface area contributed by atoms with Crippen molar-refractivity contribution in [1.82, 2.24) is 19.7 Å². The second-order valence-electron chi connectivity index (χ2n) is 10.0. The van der Waals surface area contributed by atoms with E-state index in [1.165, 1.54) is 5.56 Å². The lowest BCUT2D eigenvalue weighted by Gasteiger charge is -2.28. The predicted molar refractivity (Wildman–Crippen MR) is 144 cm³/mol. The minimum Gasteiger partial charge on any atom is -0.495 e. The minimum absolute atomic E-state index is 0.0527. The summed E-state index contributed by atoms with van der Waals surface area (Å²) in [5.74, 6) is 1.46. The van der Waals surface area contributed by atoms with Crippen LogP contribution in [0.5, 0.6) is 5.75 Å². The number of anilines is 2. The molecular formula is C29H30N6O2. The smallest absolute Gasteiger partial charge is 0.255 e. The van der Waals surface area contributed by atoms with Crippen molar-refractivity contribution in [3.8, 4) is 17.1 Å². The van der Waals surface area contributed by atoms with Crippen LogP contribution in [0.25, 0.3) is 11.4 Å². The number of amides is 1. The molecule has 0 radical (unpaired) electrons. The standard InChI is InChI=1S/C29H30N6O2/c1-18-24(27(36)32-22-10-6-7-11-23(22)37-5)25(20-9-8-16-30-17-20)35-28(31-18)33-26(34-35)19-12-14-21(15-13-19)29(2,3)4/h6-17,25H,1-5H3,(H,32,36)(H,31,33,34). The molecule has 2 aromatic heterocycles. The fourth-order valence-corrected chi connectivity index (χ4v) is 4.47. The Hall–Kier alpha value is -4.46. The van der Waals surface area contributed by atoms with Crippen molar-refractivity contribution < 1.29 is 9.53 Å². The third-order valence-corrected chi connectivity index (χ3v) is 6.46. The number of nitrogens with one attached hydrogen (secondary N) is 2. The molecule has 0 saturated heterocycles. The summed E-state index contributed by atoms with van der Waals surface area (Å²) in [6, 6.07) is 18.9. The first kappa shape index (κ1) is 24.2. The SMILES string of the molecule is COc1ccccc1NC(=O)C1=C(C)Nc2nc(-c3ccc(C(C)(C)C)cc3)nn2C1c1cccnc1. The molecule has 1 aliphatic heterocycles. The molecule has 0 saturated carbocycles. The van der Waals surface area contributed by atoms with Gasteiger partial charge in [-0.2, -0.15) is 4.98 Å². The van der Waals surface area contributed by atoms with Gasteiger partial charge < -0.3 is 15.4 Å². The van der Waals surface area contributed by atoms with Crippen molar-refractivity contribution in [3.63, 3.8) is 0 Å². The molecule has 5 rings (SSSR count). The first-order chi connectivity index (χ1) is 17.8. The van der Waals surface area contributed by atoms with E-state index in [9.17, 15) is 4.79 Å². The number of pyridine rings is 1.